The van der Waals surface area contributed by atoms with Crippen LogP contribution >= 0.6 is 0 Å². The van der Waals surface area contributed by atoms with Crippen LogP contribution in [-0.4, -0.2) is 144 Å². The van der Waals surface area contributed by atoms with Crippen LogP contribution in [0.25, 0.3) is 11.1 Å². The van der Waals surface area contributed by atoms with Crippen LogP contribution in [0.5, 0.6) is 0 Å². The molecule has 19 nitrogen and oxygen atoms in total. The number of nitrogens with zero attached hydrogens (tertiary/aromatic N) is 1. The largest absolute Gasteiger partial charge is 0.481 e. The molecule has 2 unspecified atom stereocenters. The number of unbranched alkanes of at least 4 members (excludes halogenated alkanes) is 2. The Kier molecular flexibility index (Phi) is 19.8. The summed E-state index contributed by atoms with van der Waals surface area (Å²) in [7, 11) is 0.563. The zero-order chi connectivity index (χ0) is 52.4. The first-order valence-corrected chi connectivity index (χ1v) is 25.1. The van der Waals surface area contributed by atoms with E-state index in [0.717, 1.165) is 48.1 Å². The summed E-state index contributed by atoms with van der Waals surface area (Å²) in [5.41, 5.74) is 8.78. The van der Waals surface area contributed by atoms with Gasteiger partial charge < -0.3 is 62.1 Å². The molecular formula is C51H77BN8O11. The number of hydrogen-bond donors (Lipinski definition) is 9. The number of likely N-dealkylation sites (N-methyl/N-ethyl adjacent to an activating group) is 1. The third-order valence-electron chi connectivity index (χ3n) is 14.8. The Morgan fingerprint density at radius 3 is 1.97 bits per heavy atom. The molecule has 6 rings (SSSR count). The molecule has 390 valence electrons. The molecule has 0 radical (unpaired) electrons. The van der Waals surface area contributed by atoms with Crippen molar-refractivity contribution >= 4 is 48.5 Å². The lowest BCUT2D eigenvalue weighted by molar-refractivity contribution is -0.199. The monoisotopic (exact) mass is 989 g/mol. The number of amides is 7. The van der Waals surface area contributed by atoms with E-state index in [0.29, 0.717) is 31.2 Å². The Labute approximate surface area is 418 Å². The lowest BCUT2D eigenvalue weighted by atomic mass is 9.43. The van der Waals surface area contributed by atoms with E-state index in [1.165, 1.54) is 33.4 Å². The first-order valence-electron chi connectivity index (χ1n) is 25.1. The molecule has 4 fully saturated rings. The standard InChI is InChI=1S/C51H77BN8O11/c1-10-11-14-33-16-18-34(19-17-33)35-20-22-36(23-21-35)46(66)59-39(28-61)48(68)55-29(2)44(64)54-27-42(63)60(9)43(31(4)62)49(69)56-30(3)45(65)58-38(15-12-13-24-53)47(67)57-32(5)52-70-41-26-37-25-40(50(37,6)7)51(41,8)71-52/h16-23,29-32,37-41,43,61-62H,10-15,24-28,53H2,1-9H3,(H,54,64)(H,55,68)(H,56,69)(H,57,67)(H,58,65)(H,59,66)/t29-,30+,31?,32+,37+,38+,39-,40+,41?,43+,51+/m1/s1. The van der Waals surface area contributed by atoms with Gasteiger partial charge in [0.1, 0.15) is 30.2 Å². The summed E-state index contributed by atoms with van der Waals surface area (Å²) in [5, 5.41) is 36.1. The van der Waals surface area contributed by atoms with Gasteiger partial charge >= 0.3 is 7.12 Å². The molecule has 0 spiro atoms. The molecule has 2 aromatic rings. The van der Waals surface area contributed by atoms with Crippen LogP contribution in [0.1, 0.15) is 116 Å². The van der Waals surface area contributed by atoms with Gasteiger partial charge in [-0.15, -0.1) is 0 Å². The molecule has 4 aliphatic rings. The summed E-state index contributed by atoms with van der Waals surface area (Å²) in [4.78, 5) is 94.1. The van der Waals surface area contributed by atoms with Gasteiger partial charge in [0.25, 0.3) is 5.91 Å². The van der Waals surface area contributed by atoms with Crippen LogP contribution in [0.3, 0.4) is 0 Å². The van der Waals surface area contributed by atoms with E-state index in [9.17, 15) is 43.8 Å². The van der Waals surface area contributed by atoms with E-state index in [4.69, 9.17) is 15.0 Å². The van der Waals surface area contributed by atoms with E-state index in [1.807, 2.05) is 12.1 Å². The Hall–Kier alpha value is -5.41. The molecule has 71 heavy (non-hydrogen) atoms. The first kappa shape index (κ1) is 56.5. The maximum atomic E-state index is 13.7. The van der Waals surface area contributed by atoms with Crippen LogP contribution in [0.4, 0.5) is 0 Å². The lowest BCUT2D eigenvalue weighted by Gasteiger charge is -2.64. The number of carbonyl (C=O) groups excluding carboxylic acids is 7. The minimum absolute atomic E-state index is 0.0787. The highest BCUT2D eigenvalue weighted by atomic mass is 16.7. The quantitative estimate of drug-likeness (QED) is 0.0506. The minimum atomic E-state index is -1.50. The fraction of sp³-hybridized carbons (Fsp3) is 0.627. The van der Waals surface area contributed by atoms with Crippen molar-refractivity contribution < 1.29 is 53.1 Å². The number of benzene rings is 2. The van der Waals surface area contributed by atoms with Crippen LogP contribution in [0.2, 0.25) is 0 Å². The van der Waals surface area contributed by atoms with Crippen LogP contribution in [0.15, 0.2) is 48.5 Å². The van der Waals surface area contributed by atoms with Crippen LogP contribution < -0.4 is 37.6 Å². The predicted molar refractivity (Wildman–Crippen MR) is 268 cm³/mol. The second-order valence-corrected chi connectivity index (χ2v) is 20.4. The zero-order valence-electron chi connectivity index (χ0n) is 42.8. The van der Waals surface area contributed by atoms with E-state index < -0.39 is 109 Å². The number of nitrogens with two attached hydrogens (primary N) is 1. The van der Waals surface area contributed by atoms with Crippen molar-refractivity contribution in [1.82, 2.24) is 36.8 Å². The molecule has 2 bridgehead atoms. The fourth-order valence-electron chi connectivity index (χ4n) is 10.1. The van der Waals surface area contributed by atoms with Gasteiger partial charge in [-0.2, -0.15) is 0 Å². The summed E-state index contributed by atoms with van der Waals surface area (Å²) in [5.74, 6) is -4.73. The average molecular weight is 989 g/mol. The molecule has 1 saturated heterocycles. The molecule has 7 amide bonds. The van der Waals surface area contributed by atoms with Gasteiger partial charge in [0.05, 0.1) is 36.9 Å². The van der Waals surface area contributed by atoms with E-state index in [2.05, 4.69) is 71.7 Å². The topological polar surface area (TPSA) is 280 Å². The minimum Gasteiger partial charge on any atom is -0.404 e. The second kappa shape index (κ2) is 24.8. The summed E-state index contributed by atoms with van der Waals surface area (Å²) < 4.78 is 12.9. The molecular weight excluding hydrogens is 911 g/mol. The average Bonchev–Trinajstić information content (AvgIpc) is 3.71. The van der Waals surface area contributed by atoms with Crippen LogP contribution in [-0.2, 0) is 44.5 Å². The van der Waals surface area contributed by atoms with Gasteiger partial charge in [-0.1, -0.05) is 63.6 Å². The number of carbonyl (C=O) groups is 7. The van der Waals surface area contributed by atoms with Crippen molar-refractivity contribution in [1.29, 1.82) is 0 Å². The van der Waals surface area contributed by atoms with E-state index >= 15 is 0 Å². The molecule has 1 heterocycles. The SMILES string of the molecule is CCCCc1ccc(-c2ccc(C(=O)N[C@H](CO)C(=O)N[C@H](C)C(=O)NCC(=O)N(C)[C@H](C(=O)N[C@@H](C)C(=O)N[C@@H](CCCCN)C(=O)N[C@@H](C)B3OC4C[C@@H]5C[C@@H](C5(C)C)[C@]4(C)O3)C(C)O)cc2)cc1. The van der Waals surface area contributed by atoms with Gasteiger partial charge in [-0.3, -0.25) is 33.6 Å². The second-order valence-electron chi connectivity index (χ2n) is 20.4. The third-order valence-corrected chi connectivity index (χ3v) is 14.8. The van der Waals surface area contributed by atoms with Crippen LogP contribution in [0, 0.1) is 17.3 Å². The van der Waals surface area contributed by atoms with Gasteiger partial charge in [0.15, 0.2) is 0 Å². The van der Waals surface area contributed by atoms with Crippen molar-refractivity contribution in [3.63, 3.8) is 0 Å². The van der Waals surface area contributed by atoms with Crippen molar-refractivity contribution in [3.8, 4) is 11.1 Å². The lowest BCUT2D eigenvalue weighted by Crippen LogP contribution is -2.65. The molecule has 20 heteroatoms. The molecule has 2 aromatic carbocycles. The van der Waals surface area contributed by atoms with Crippen molar-refractivity contribution in [2.24, 2.45) is 23.0 Å². The number of aliphatic hydroxyl groups is 2. The predicted octanol–water partition coefficient (Wildman–Crippen LogP) is 1.51. The molecule has 11 atom stereocenters. The Bertz CT molecular complexity index is 2200. The van der Waals surface area contributed by atoms with Gasteiger partial charge in [-0.05, 0) is 132 Å². The summed E-state index contributed by atoms with van der Waals surface area (Å²) in [6, 6.07) is 8.65. The Morgan fingerprint density at radius 1 is 0.775 bits per heavy atom. The number of aliphatic hydroxyl groups excluding tert-OH is 2. The van der Waals surface area contributed by atoms with E-state index in [1.54, 1.807) is 31.2 Å². The van der Waals surface area contributed by atoms with Gasteiger partial charge in [0, 0.05) is 12.6 Å². The Morgan fingerprint density at radius 2 is 1.38 bits per heavy atom. The zero-order valence-corrected chi connectivity index (χ0v) is 42.8. The Balaban J connectivity index is 1.08. The third kappa shape index (κ3) is 13.8. The number of aryl methyl sites for hydroxylation is 1. The summed E-state index contributed by atoms with van der Waals surface area (Å²) >= 11 is 0. The molecule has 0 aromatic heterocycles. The highest BCUT2D eigenvalue weighted by Gasteiger charge is 2.68. The number of rotatable bonds is 25. The first-order chi connectivity index (χ1) is 33.5. The smallest absolute Gasteiger partial charge is 0.404 e. The summed E-state index contributed by atoms with van der Waals surface area (Å²) in [6.45, 7) is 13.6. The normalized spacial score (nSPS) is 22.6. The van der Waals surface area contributed by atoms with E-state index in [-0.39, 0.29) is 23.5 Å². The molecule has 3 saturated carbocycles. The molecule has 3 aliphatic carbocycles. The van der Waals surface area contributed by atoms with Crippen molar-refractivity contribution in [3.05, 3.63) is 59.7 Å². The number of hydrogen-bond acceptors (Lipinski definition) is 12. The number of nitrogens with one attached hydrogen (secondary N) is 6. The molecule has 10 N–H and O–H groups in total. The molecule has 1 aliphatic heterocycles. The van der Waals surface area contributed by atoms with Gasteiger partial charge in [0.2, 0.25) is 35.4 Å². The highest BCUT2D eigenvalue weighted by Crippen LogP contribution is 2.65. The maximum Gasteiger partial charge on any atom is 0.481 e. The fourth-order valence-corrected chi connectivity index (χ4v) is 10.1. The van der Waals surface area contributed by atoms with Crippen molar-refractivity contribution in [2.75, 3.05) is 26.7 Å². The maximum absolute atomic E-state index is 13.7. The van der Waals surface area contributed by atoms with Gasteiger partial charge in [-0.25, -0.2) is 0 Å². The van der Waals surface area contributed by atoms with Crippen molar-refractivity contribution in [2.45, 2.75) is 161 Å². The highest BCUT2D eigenvalue weighted by molar-refractivity contribution is 6.47. The summed E-state index contributed by atoms with van der Waals surface area (Å²) in [6.07, 6.45) is 5.09.